The summed E-state index contributed by atoms with van der Waals surface area (Å²) in [5.74, 6) is 3.11. The minimum absolute atomic E-state index is 0.426. The van der Waals surface area contributed by atoms with Crippen LogP contribution in [0.5, 0.6) is 0 Å². The highest BCUT2D eigenvalue weighted by Gasteiger charge is 2.24. The van der Waals surface area contributed by atoms with Gasteiger partial charge in [-0.3, -0.25) is 0 Å². The SMILES string of the molecule is NC1CSCC1Cc1ccsc1. The summed E-state index contributed by atoms with van der Waals surface area (Å²) in [5, 5.41) is 4.37. The summed E-state index contributed by atoms with van der Waals surface area (Å²) < 4.78 is 0. The number of thiophene rings is 1. The molecule has 0 aliphatic carbocycles. The Hall–Kier alpha value is 0.01000. The van der Waals surface area contributed by atoms with Crippen LogP contribution >= 0.6 is 23.1 Å². The highest BCUT2D eigenvalue weighted by molar-refractivity contribution is 7.99. The maximum atomic E-state index is 5.98. The van der Waals surface area contributed by atoms with Gasteiger partial charge in [0.25, 0.3) is 0 Å². The second-order valence-electron chi connectivity index (χ2n) is 3.30. The van der Waals surface area contributed by atoms with Crippen LogP contribution in [-0.2, 0) is 6.42 Å². The standard InChI is InChI=1S/C9H13NS2/c10-9-6-12-5-8(9)3-7-1-2-11-4-7/h1-2,4,8-9H,3,5-6,10H2. The third kappa shape index (κ3) is 1.84. The van der Waals surface area contributed by atoms with E-state index >= 15 is 0 Å². The van der Waals surface area contributed by atoms with E-state index in [-0.39, 0.29) is 0 Å². The number of hydrogen-bond donors (Lipinski definition) is 1. The summed E-state index contributed by atoms with van der Waals surface area (Å²) in [6.07, 6.45) is 1.18. The van der Waals surface area contributed by atoms with Gasteiger partial charge < -0.3 is 5.73 Å². The molecule has 3 heteroatoms. The molecule has 2 rings (SSSR count). The van der Waals surface area contributed by atoms with Gasteiger partial charge in [-0.2, -0.15) is 23.1 Å². The van der Waals surface area contributed by atoms with Crippen LogP contribution in [0, 0.1) is 5.92 Å². The van der Waals surface area contributed by atoms with Gasteiger partial charge in [0.05, 0.1) is 0 Å². The third-order valence-corrected chi connectivity index (χ3v) is 4.34. The quantitative estimate of drug-likeness (QED) is 0.788. The van der Waals surface area contributed by atoms with Crippen molar-refractivity contribution in [2.75, 3.05) is 11.5 Å². The van der Waals surface area contributed by atoms with E-state index in [1.165, 1.54) is 17.7 Å². The van der Waals surface area contributed by atoms with E-state index in [1.54, 1.807) is 11.3 Å². The maximum absolute atomic E-state index is 5.98. The van der Waals surface area contributed by atoms with Crippen LogP contribution in [0.2, 0.25) is 0 Å². The van der Waals surface area contributed by atoms with Gasteiger partial charge in [-0.25, -0.2) is 0 Å². The molecule has 2 unspecified atom stereocenters. The van der Waals surface area contributed by atoms with E-state index < -0.39 is 0 Å². The summed E-state index contributed by atoms with van der Waals surface area (Å²) in [6, 6.07) is 2.63. The van der Waals surface area contributed by atoms with Crippen molar-refractivity contribution in [3.8, 4) is 0 Å². The first kappa shape index (κ1) is 8.60. The summed E-state index contributed by atoms with van der Waals surface area (Å²) in [4.78, 5) is 0. The molecular weight excluding hydrogens is 186 g/mol. The van der Waals surface area contributed by atoms with Crippen LogP contribution in [0.1, 0.15) is 5.56 Å². The average molecular weight is 199 g/mol. The first-order valence-electron chi connectivity index (χ1n) is 4.20. The topological polar surface area (TPSA) is 26.0 Å². The van der Waals surface area contributed by atoms with Crippen molar-refractivity contribution in [1.82, 2.24) is 0 Å². The van der Waals surface area contributed by atoms with Crippen molar-refractivity contribution in [2.45, 2.75) is 12.5 Å². The number of rotatable bonds is 2. The molecule has 1 saturated heterocycles. The summed E-state index contributed by atoms with van der Waals surface area (Å²) >= 11 is 3.77. The Labute approximate surface area is 81.4 Å². The molecule has 0 aromatic carbocycles. The van der Waals surface area contributed by atoms with Crippen LogP contribution in [0.25, 0.3) is 0 Å². The van der Waals surface area contributed by atoms with Gasteiger partial charge in [0.1, 0.15) is 0 Å². The fraction of sp³-hybridized carbons (Fsp3) is 0.556. The van der Waals surface area contributed by atoms with E-state index in [2.05, 4.69) is 16.8 Å². The average Bonchev–Trinajstić information content (AvgIpc) is 2.65. The van der Waals surface area contributed by atoms with Crippen LogP contribution in [-0.4, -0.2) is 17.5 Å². The largest absolute Gasteiger partial charge is 0.327 e. The fourth-order valence-electron chi connectivity index (χ4n) is 1.54. The van der Waals surface area contributed by atoms with Gasteiger partial charge in [-0.05, 0) is 40.5 Å². The van der Waals surface area contributed by atoms with Gasteiger partial charge in [0.15, 0.2) is 0 Å². The molecule has 1 fully saturated rings. The van der Waals surface area contributed by atoms with Crippen LogP contribution in [0.3, 0.4) is 0 Å². The molecule has 66 valence electrons. The van der Waals surface area contributed by atoms with E-state index in [9.17, 15) is 0 Å². The number of nitrogens with two attached hydrogens (primary N) is 1. The molecular formula is C9H13NS2. The molecule has 0 bridgehead atoms. The Bertz CT molecular complexity index is 233. The highest BCUT2D eigenvalue weighted by atomic mass is 32.2. The highest BCUT2D eigenvalue weighted by Crippen LogP contribution is 2.26. The van der Waals surface area contributed by atoms with Crippen LogP contribution in [0.15, 0.2) is 16.8 Å². The maximum Gasteiger partial charge on any atom is 0.0170 e. The van der Waals surface area contributed by atoms with E-state index in [4.69, 9.17) is 5.73 Å². The zero-order chi connectivity index (χ0) is 8.39. The van der Waals surface area contributed by atoms with Crippen molar-refractivity contribution in [3.63, 3.8) is 0 Å². The zero-order valence-corrected chi connectivity index (χ0v) is 8.53. The van der Waals surface area contributed by atoms with E-state index in [0.717, 1.165) is 5.75 Å². The van der Waals surface area contributed by atoms with E-state index in [0.29, 0.717) is 12.0 Å². The lowest BCUT2D eigenvalue weighted by Gasteiger charge is -2.12. The van der Waals surface area contributed by atoms with E-state index in [1.807, 2.05) is 11.8 Å². The molecule has 1 aromatic heterocycles. The molecule has 2 N–H and O–H groups in total. The molecule has 0 amide bonds. The fourth-order valence-corrected chi connectivity index (χ4v) is 3.57. The van der Waals surface area contributed by atoms with Gasteiger partial charge in [-0.15, -0.1) is 0 Å². The monoisotopic (exact) mass is 199 g/mol. The number of hydrogen-bond acceptors (Lipinski definition) is 3. The van der Waals surface area contributed by atoms with Crippen LogP contribution in [0.4, 0.5) is 0 Å². The second-order valence-corrected chi connectivity index (χ2v) is 5.15. The molecule has 12 heavy (non-hydrogen) atoms. The van der Waals surface area contributed by atoms with Gasteiger partial charge in [0, 0.05) is 11.8 Å². The lowest BCUT2D eigenvalue weighted by molar-refractivity contribution is 0.516. The number of thioether (sulfide) groups is 1. The predicted octanol–water partition coefficient (Wildman–Crippen LogP) is 1.98. The zero-order valence-electron chi connectivity index (χ0n) is 6.90. The summed E-state index contributed by atoms with van der Waals surface area (Å²) in [6.45, 7) is 0. The van der Waals surface area contributed by atoms with Crippen molar-refractivity contribution >= 4 is 23.1 Å². The van der Waals surface area contributed by atoms with Gasteiger partial charge in [0.2, 0.25) is 0 Å². The molecule has 0 saturated carbocycles. The van der Waals surface area contributed by atoms with Crippen molar-refractivity contribution < 1.29 is 0 Å². The Morgan fingerprint density at radius 3 is 3.00 bits per heavy atom. The van der Waals surface area contributed by atoms with Gasteiger partial charge in [-0.1, -0.05) is 0 Å². The molecule has 1 aliphatic rings. The Morgan fingerprint density at radius 2 is 2.42 bits per heavy atom. The van der Waals surface area contributed by atoms with Gasteiger partial charge >= 0.3 is 0 Å². The van der Waals surface area contributed by atoms with Crippen molar-refractivity contribution in [2.24, 2.45) is 11.7 Å². The Balaban J connectivity index is 1.95. The predicted molar refractivity (Wildman–Crippen MR) is 56.8 cm³/mol. The summed E-state index contributed by atoms with van der Waals surface area (Å²) in [7, 11) is 0. The van der Waals surface area contributed by atoms with Crippen molar-refractivity contribution in [1.29, 1.82) is 0 Å². The minimum Gasteiger partial charge on any atom is -0.327 e. The first-order chi connectivity index (χ1) is 5.86. The molecule has 1 aromatic rings. The van der Waals surface area contributed by atoms with Crippen LogP contribution < -0.4 is 5.73 Å². The third-order valence-electron chi connectivity index (χ3n) is 2.33. The molecule has 2 atom stereocenters. The molecule has 2 heterocycles. The molecule has 1 nitrogen and oxygen atoms in total. The normalized spacial score (nSPS) is 29.4. The smallest absolute Gasteiger partial charge is 0.0170 e. The molecule has 0 radical (unpaired) electrons. The lowest BCUT2D eigenvalue weighted by Crippen LogP contribution is -2.29. The Kier molecular flexibility index (Phi) is 2.73. The molecule has 1 aliphatic heterocycles. The molecule has 0 spiro atoms. The van der Waals surface area contributed by atoms with Crippen molar-refractivity contribution in [3.05, 3.63) is 22.4 Å². The lowest BCUT2D eigenvalue weighted by atomic mass is 9.97. The first-order valence-corrected chi connectivity index (χ1v) is 6.30. The second kappa shape index (κ2) is 3.81. The Morgan fingerprint density at radius 1 is 1.50 bits per heavy atom. The minimum atomic E-state index is 0.426. The summed E-state index contributed by atoms with van der Waals surface area (Å²) in [5.41, 5.74) is 7.44.